The zero-order valence-electron chi connectivity index (χ0n) is 18.8. The summed E-state index contributed by atoms with van der Waals surface area (Å²) >= 11 is 0. The highest BCUT2D eigenvalue weighted by molar-refractivity contribution is 5.21. The van der Waals surface area contributed by atoms with Crippen molar-refractivity contribution in [1.29, 1.82) is 0 Å². The number of aliphatic hydroxyl groups excluding tert-OH is 5. The summed E-state index contributed by atoms with van der Waals surface area (Å²) in [6.45, 7) is -0.115. The van der Waals surface area contributed by atoms with Crippen LogP contribution in [0, 0.1) is 17.8 Å². The monoisotopic (exact) mass is 484 g/mol. The van der Waals surface area contributed by atoms with E-state index in [1.54, 1.807) is 12.2 Å². The van der Waals surface area contributed by atoms with Crippen LogP contribution in [0.25, 0.3) is 0 Å². The molecule has 0 saturated carbocycles. The molecule has 2 rings (SSSR count). The SMILES string of the molecule is NC/C=C1\C[C@H](CO)[C@H](C[C@](N)(O)/C(O)=C/[C@@H]2C(O)OC(/C=C/CO)=C[C@H]2CC=C(O)O)NN1. The Bertz CT molecular complexity index is 820. The van der Waals surface area contributed by atoms with E-state index in [1.807, 2.05) is 0 Å². The fraction of sp³-hybridized carbons (Fsp3) is 0.545. The largest absolute Gasteiger partial charge is 0.508 e. The van der Waals surface area contributed by atoms with Crippen molar-refractivity contribution in [2.45, 2.75) is 37.3 Å². The average molecular weight is 485 g/mol. The lowest BCUT2D eigenvalue weighted by Crippen LogP contribution is -2.57. The van der Waals surface area contributed by atoms with Crippen LogP contribution in [-0.4, -0.2) is 73.6 Å². The zero-order valence-corrected chi connectivity index (χ0v) is 18.8. The summed E-state index contributed by atoms with van der Waals surface area (Å²) in [5.41, 5.74) is 16.0. The van der Waals surface area contributed by atoms with Crippen molar-refractivity contribution in [3.63, 3.8) is 0 Å². The molecular formula is C22H36N4O8. The van der Waals surface area contributed by atoms with Crippen LogP contribution in [-0.2, 0) is 4.74 Å². The lowest BCUT2D eigenvalue weighted by atomic mass is 9.83. The van der Waals surface area contributed by atoms with E-state index in [9.17, 15) is 20.4 Å². The number of ether oxygens (including phenoxy) is 1. The minimum Gasteiger partial charge on any atom is -0.508 e. The third-order valence-corrected chi connectivity index (χ3v) is 5.81. The van der Waals surface area contributed by atoms with Crippen LogP contribution in [0.3, 0.4) is 0 Å². The predicted octanol–water partition coefficient (Wildman–Crippen LogP) is -0.856. The number of rotatable bonds is 10. The van der Waals surface area contributed by atoms with E-state index in [1.165, 1.54) is 18.2 Å². The second kappa shape index (κ2) is 12.8. The zero-order chi connectivity index (χ0) is 25.3. The normalized spacial score (nSPS) is 30.9. The molecule has 12 nitrogen and oxygen atoms in total. The maximum Gasteiger partial charge on any atom is 0.269 e. The summed E-state index contributed by atoms with van der Waals surface area (Å²) in [6.07, 6.45) is 7.39. The number of hydrazine groups is 1. The van der Waals surface area contributed by atoms with Crippen molar-refractivity contribution in [3.8, 4) is 0 Å². The predicted molar refractivity (Wildman–Crippen MR) is 123 cm³/mol. The van der Waals surface area contributed by atoms with Gasteiger partial charge in [0.15, 0.2) is 5.72 Å². The second-order valence-corrected chi connectivity index (χ2v) is 8.37. The molecule has 1 saturated heterocycles. The van der Waals surface area contributed by atoms with Crippen LogP contribution < -0.4 is 22.3 Å². The molecule has 1 unspecified atom stereocenters. The molecule has 192 valence electrons. The highest BCUT2D eigenvalue weighted by Crippen LogP contribution is 2.34. The second-order valence-electron chi connectivity index (χ2n) is 8.37. The van der Waals surface area contributed by atoms with Crippen molar-refractivity contribution in [3.05, 3.63) is 59.6 Å². The molecule has 12 heteroatoms. The van der Waals surface area contributed by atoms with Crippen molar-refractivity contribution in [2.24, 2.45) is 29.2 Å². The van der Waals surface area contributed by atoms with Crippen LogP contribution in [0.15, 0.2) is 59.6 Å². The number of allylic oxidation sites excluding steroid dienone is 4. The molecule has 6 atom stereocenters. The molecule has 0 aromatic carbocycles. The smallest absolute Gasteiger partial charge is 0.269 e. The molecule has 2 aliphatic rings. The van der Waals surface area contributed by atoms with E-state index in [-0.39, 0.29) is 37.7 Å². The summed E-state index contributed by atoms with van der Waals surface area (Å²) in [6, 6.07) is -0.502. The molecule has 2 aliphatic heterocycles. The first-order chi connectivity index (χ1) is 16.1. The molecule has 13 N–H and O–H groups in total. The average Bonchev–Trinajstić information content (AvgIpc) is 2.78. The van der Waals surface area contributed by atoms with Gasteiger partial charge in [0, 0.05) is 43.1 Å². The van der Waals surface area contributed by atoms with Gasteiger partial charge in [-0.1, -0.05) is 12.2 Å². The summed E-state index contributed by atoms with van der Waals surface area (Å²) < 4.78 is 5.39. The highest BCUT2D eigenvalue weighted by Gasteiger charge is 2.39. The van der Waals surface area contributed by atoms with Gasteiger partial charge in [-0.3, -0.25) is 5.73 Å². The van der Waals surface area contributed by atoms with Gasteiger partial charge < -0.3 is 51.6 Å². The number of nitrogens with one attached hydrogen (secondary N) is 2. The molecule has 0 aliphatic carbocycles. The Balaban J connectivity index is 2.23. The molecule has 1 fully saturated rings. The number of aliphatic hydroxyl groups is 7. The van der Waals surface area contributed by atoms with E-state index in [2.05, 4.69) is 10.9 Å². The van der Waals surface area contributed by atoms with Crippen LogP contribution in [0.5, 0.6) is 0 Å². The molecular weight excluding hydrogens is 448 g/mol. The molecule has 0 amide bonds. The van der Waals surface area contributed by atoms with Crippen LogP contribution in [0.1, 0.15) is 19.3 Å². The summed E-state index contributed by atoms with van der Waals surface area (Å²) in [5.74, 6) is -3.06. The van der Waals surface area contributed by atoms with Crippen molar-refractivity contribution >= 4 is 0 Å². The molecule has 2 heterocycles. The van der Waals surface area contributed by atoms with Crippen LogP contribution in [0.4, 0.5) is 0 Å². The number of hydrogen-bond donors (Lipinski definition) is 11. The fourth-order valence-corrected chi connectivity index (χ4v) is 3.96. The molecule has 0 aromatic heterocycles. The molecule has 34 heavy (non-hydrogen) atoms. The van der Waals surface area contributed by atoms with Crippen molar-refractivity contribution < 1.29 is 40.5 Å². The topological polar surface area (TPSA) is 227 Å². The van der Waals surface area contributed by atoms with Gasteiger partial charge in [0.1, 0.15) is 11.5 Å². The van der Waals surface area contributed by atoms with Gasteiger partial charge in [-0.05, 0) is 43.1 Å². The molecule has 0 radical (unpaired) electrons. The van der Waals surface area contributed by atoms with Crippen molar-refractivity contribution in [1.82, 2.24) is 10.9 Å². The standard InChI is InChI=1S/C22H36N4O8/c23-6-5-15-8-14(12-28)18(26-25-15)11-22(24,33)19(29)10-17-13(3-4-20(30)31)9-16(2-1-7-27)34-21(17)32/h1-2,4-5,9-10,13-14,17-18,21,25-33H,3,6-8,11-12,23-24H2/b2-1+,15-5+,19-10-/t13-,14-,17+,18+,21?,22+/m1/s1. The first-order valence-corrected chi connectivity index (χ1v) is 11.0. The van der Waals surface area contributed by atoms with Crippen molar-refractivity contribution in [2.75, 3.05) is 19.8 Å². The minimum atomic E-state index is -2.21. The Labute approximate surface area is 197 Å². The summed E-state index contributed by atoms with van der Waals surface area (Å²) in [7, 11) is 0. The summed E-state index contributed by atoms with van der Waals surface area (Å²) in [4.78, 5) is 0. The Morgan fingerprint density at radius 1 is 1.26 bits per heavy atom. The maximum absolute atomic E-state index is 10.8. The van der Waals surface area contributed by atoms with Gasteiger partial charge in [-0.2, -0.15) is 0 Å². The highest BCUT2D eigenvalue weighted by atomic mass is 16.6. The van der Waals surface area contributed by atoms with E-state index < -0.39 is 41.6 Å². The molecule has 0 spiro atoms. The van der Waals surface area contributed by atoms with Gasteiger partial charge in [0.2, 0.25) is 6.29 Å². The van der Waals surface area contributed by atoms with Gasteiger partial charge in [0.05, 0.1) is 6.61 Å². The Kier molecular flexibility index (Phi) is 10.4. The Morgan fingerprint density at radius 2 is 2.00 bits per heavy atom. The van der Waals surface area contributed by atoms with Crippen LogP contribution >= 0.6 is 0 Å². The molecule has 0 aromatic rings. The third-order valence-electron chi connectivity index (χ3n) is 5.81. The third kappa shape index (κ3) is 7.74. The van der Waals surface area contributed by atoms with E-state index >= 15 is 0 Å². The molecule has 0 bridgehead atoms. The maximum atomic E-state index is 10.8. The van der Waals surface area contributed by atoms with E-state index in [0.717, 1.165) is 11.8 Å². The number of nitrogens with two attached hydrogens (primary N) is 2. The van der Waals surface area contributed by atoms with Gasteiger partial charge >= 0.3 is 0 Å². The van der Waals surface area contributed by atoms with E-state index in [4.69, 9.17) is 31.5 Å². The van der Waals surface area contributed by atoms with Crippen LogP contribution in [0.2, 0.25) is 0 Å². The summed E-state index contributed by atoms with van der Waals surface area (Å²) in [5, 5.41) is 69.0. The lowest BCUT2D eigenvalue weighted by molar-refractivity contribution is -0.110. The first-order valence-electron chi connectivity index (χ1n) is 11.0. The quantitative estimate of drug-likeness (QED) is 0.134. The minimum absolute atomic E-state index is 0.0631. The van der Waals surface area contributed by atoms with Gasteiger partial charge in [-0.25, -0.2) is 5.43 Å². The van der Waals surface area contributed by atoms with E-state index in [0.29, 0.717) is 13.0 Å². The Hall–Kier alpha value is -2.58. The first kappa shape index (κ1) is 27.7. The number of hydrogen-bond acceptors (Lipinski definition) is 12. The van der Waals surface area contributed by atoms with Gasteiger partial charge in [0.25, 0.3) is 5.95 Å². The Morgan fingerprint density at radius 3 is 2.62 bits per heavy atom. The van der Waals surface area contributed by atoms with Gasteiger partial charge in [-0.15, -0.1) is 0 Å². The fourth-order valence-electron chi connectivity index (χ4n) is 3.96. The lowest BCUT2D eigenvalue weighted by Gasteiger charge is -2.38.